The maximum Gasteiger partial charge on any atom is 0.191 e. The van der Waals surface area contributed by atoms with Gasteiger partial charge in [0, 0.05) is 30.9 Å². The Labute approximate surface area is 140 Å². The van der Waals surface area contributed by atoms with Gasteiger partial charge in [-0.3, -0.25) is 4.99 Å². The topological polar surface area (TPSA) is 39.7 Å². The van der Waals surface area contributed by atoms with Crippen molar-refractivity contribution in [3.63, 3.8) is 0 Å². The fraction of sp³-hybridized carbons (Fsp3) is 0.941. The first-order valence-corrected chi connectivity index (χ1v) is 10.3. The molecule has 2 aliphatic rings. The molecule has 2 N–H and O–H groups in total. The summed E-state index contributed by atoms with van der Waals surface area (Å²) in [5.41, 5.74) is 0. The van der Waals surface area contributed by atoms with Crippen LogP contribution in [0, 0.1) is 5.92 Å². The van der Waals surface area contributed by atoms with Gasteiger partial charge in [-0.15, -0.1) is 0 Å². The predicted molar refractivity (Wildman–Crippen MR) is 98.9 cm³/mol. The second-order valence-corrected chi connectivity index (χ2v) is 7.98. The predicted octanol–water partition coefficient (Wildman–Crippen LogP) is 2.56. The molecule has 2 fully saturated rings. The Kier molecular flexibility index (Phi) is 7.87. The summed E-state index contributed by atoms with van der Waals surface area (Å²) in [7, 11) is 0. The zero-order chi connectivity index (χ0) is 15.8. The van der Waals surface area contributed by atoms with Crippen molar-refractivity contribution in [1.29, 1.82) is 0 Å². The maximum absolute atomic E-state index is 4.83. The molecule has 1 saturated carbocycles. The van der Waals surface area contributed by atoms with Gasteiger partial charge in [-0.2, -0.15) is 11.8 Å². The summed E-state index contributed by atoms with van der Waals surface area (Å²) >= 11 is 2.01. The molecule has 0 spiro atoms. The number of hydrogen-bond donors (Lipinski definition) is 2. The van der Waals surface area contributed by atoms with Crippen molar-refractivity contribution in [3.05, 3.63) is 0 Å². The Morgan fingerprint density at radius 1 is 1.32 bits per heavy atom. The molecule has 2 rings (SSSR count). The lowest BCUT2D eigenvalue weighted by atomic mass is 10.2. The highest BCUT2D eigenvalue weighted by Gasteiger charge is 2.24. The zero-order valence-corrected chi connectivity index (χ0v) is 15.4. The number of rotatable bonds is 7. The molecule has 1 aliphatic heterocycles. The Bertz CT molecular complexity index is 342. The lowest BCUT2D eigenvalue weighted by Crippen LogP contribution is -2.43. The van der Waals surface area contributed by atoms with Crippen LogP contribution in [-0.4, -0.2) is 61.1 Å². The van der Waals surface area contributed by atoms with E-state index in [0.717, 1.165) is 24.3 Å². The third-order valence-electron chi connectivity index (χ3n) is 4.73. The second-order valence-electron chi connectivity index (χ2n) is 6.84. The van der Waals surface area contributed by atoms with Crippen LogP contribution in [-0.2, 0) is 0 Å². The van der Waals surface area contributed by atoms with Crippen molar-refractivity contribution in [2.75, 3.05) is 39.0 Å². The first kappa shape index (κ1) is 17.9. The lowest BCUT2D eigenvalue weighted by Gasteiger charge is -2.20. The summed E-state index contributed by atoms with van der Waals surface area (Å²) in [4.78, 5) is 7.41. The molecule has 0 radical (unpaired) electrons. The molecule has 0 amide bonds. The van der Waals surface area contributed by atoms with Gasteiger partial charge in [0.15, 0.2) is 5.96 Å². The van der Waals surface area contributed by atoms with Crippen LogP contribution in [0.3, 0.4) is 0 Å². The molecule has 1 heterocycles. The molecular formula is C17H34N4S. The van der Waals surface area contributed by atoms with E-state index in [0.29, 0.717) is 12.0 Å². The molecule has 5 heteroatoms. The summed E-state index contributed by atoms with van der Waals surface area (Å²) in [5.74, 6) is 1.65. The minimum absolute atomic E-state index is 0.601. The molecule has 1 saturated heterocycles. The second kappa shape index (κ2) is 9.66. The van der Waals surface area contributed by atoms with Crippen molar-refractivity contribution in [2.45, 2.75) is 57.2 Å². The quantitative estimate of drug-likeness (QED) is 0.557. The minimum atomic E-state index is 0.601. The minimum Gasteiger partial charge on any atom is -0.357 e. The van der Waals surface area contributed by atoms with E-state index >= 15 is 0 Å². The number of hydrogen-bond acceptors (Lipinski definition) is 3. The Morgan fingerprint density at radius 2 is 2.09 bits per heavy atom. The van der Waals surface area contributed by atoms with E-state index < -0.39 is 0 Å². The first-order valence-electron chi connectivity index (χ1n) is 9.01. The highest BCUT2D eigenvalue weighted by molar-refractivity contribution is 7.99. The maximum atomic E-state index is 4.83. The van der Waals surface area contributed by atoms with Crippen LogP contribution < -0.4 is 10.6 Å². The molecule has 0 aromatic carbocycles. The highest BCUT2D eigenvalue weighted by atomic mass is 32.2. The molecule has 128 valence electrons. The van der Waals surface area contributed by atoms with Gasteiger partial charge >= 0.3 is 0 Å². The zero-order valence-electron chi connectivity index (χ0n) is 14.6. The van der Waals surface area contributed by atoms with Gasteiger partial charge in [0.05, 0.1) is 0 Å². The van der Waals surface area contributed by atoms with Crippen LogP contribution in [0.2, 0.25) is 0 Å². The first-order chi connectivity index (χ1) is 10.7. The number of likely N-dealkylation sites (tertiary alicyclic amines) is 1. The molecular weight excluding hydrogens is 292 g/mol. The van der Waals surface area contributed by atoms with E-state index in [4.69, 9.17) is 4.99 Å². The summed E-state index contributed by atoms with van der Waals surface area (Å²) < 4.78 is 0. The van der Waals surface area contributed by atoms with E-state index in [2.05, 4.69) is 35.6 Å². The van der Waals surface area contributed by atoms with E-state index in [1.165, 1.54) is 51.7 Å². The molecule has 4 nitrogen and oxygen atoms in total. The van der Waals surface area contributed by atoms with Gasteiger partial charge < -0.3 is 15.5 Å². The monoisotopic (exact) mass is 326 g/mol. The lowest BCUT2D eigenvalue weighted by molar-refractivity contribution is 0.291. The fourth-order valence-electron chi connectivity index (χ4n) is 3.51. The third kappa shape index (κ3) is 5.99. The van der Waals surface area contributed by atoms with Crippen molar-refractivity contribution in [1.82, 2.24) is 15.5 Å². The van der Waals surface area contributed by atoms with Crippen LogP contribution in [0.25, 0.3) is 0 Å². The average Bonchev–Trinajstić information content (AvgIpc) is 3.16. The van der Waals surface area contributed by atoms with Crippen LogP contribution in [0.5, 0.6) is 0 Å². The molecule has 1 aliphatic carbocycles. The molecule has 3 unspecified atom stereocenters. The molecule has 0 aromatic heterocycles. The third-order valence-corrected chi connectivity index (χ3v) is 5.83. The van der Waals surface area contributed by atoms with Crippen LogP contribution in [0.4, 0.5) is 0 Å². The largest absolute Gasteiger partial charge is 0.357 e. The number of guanidine groups is 1. The summed E-state index contributed by atoms with van der Waals surface area (Å²) in [5, 5.41) is 7.88. The summed E-state index contributed by atoms with van der Waals surface area (Å²) in [6, 6.07) is 0.601. The van der Waals surface area contributed by atoms with Gasteiger partial charge in [0.1, 0.15) is 0 Å². The van der Waals surface area contributed by atoms with Gasteiger partial charge in [0.25, 0.3) is 0 Å². The Morgan fingerprint density at radius 3 is 2.73 bits per heavy atom. The van der Waals surface area contributed by atoms with Gasteiger partial charge in [-0.05, 0) is 64.3 Å². The summed E-state index contributed by atoms with van der Waals surface area (Å²) in [6.45, 7) is 10.1. The molecule has 3 atom stereocenters. The SMILES string of the molecule is CCNC(=NCC(C)CN1CCCC1)NC1CCC(SC)C1. The highest BCUT2D eigenvalue weighted by Crippen LogP contribution is 2.28. The number of thioether (sulfide) groups is 1. The van der Waals surface area contributed by atoms with Crippen molar-refractivity contribution in [2.24, 2.45) is 10.9 Å². The van der Waals surface area contributed by atoms with Gasteiger partial charge in [-0.1, -0.05) is 6.92 Å². The van der Waals surface area contributed by atoms with Crippen molar-refractivity contribution < 1.29 is 0 Å². The van der Waals surface area contributed by atoms with Crippen LogP contribution >= 0.6 is 11.8 Å². The normalized spacial score (nSPS) is 28.0. The Balaban J connectivity index is 1.76. The molecule has 22 heavy (non-hydrogen) atoms. The smallest absolute Gasteiger partial charge is 0.191 e. The van der Waals surface area contributed by atoms with Gasteiger partial charge in [-0.25, -0.2) is 0 Å². The van der Waals surface area contributed by atoms with E-state index in [9.17, 15) is 0 Å². The fourth-order valence-corrected chi connectivity index (χ4v) is 4.31. The molecule has 0 aromatic rings. The standard InChI is InChI=1S/C17H34N4S/c1-4-18-17(20-15-7-8-16(11-15)22-3)19-12-14(2)13-21-9-5-6-10-21/h14-16H,4-13H2,1-3H3,(H2,18,19,20). The van der Waals surface area contributed by atoms with Crippen LogP contribution in [0.1, 0.15) is 46.0 Å². The van der Waals surface area contributed by atoms with Gasteiger partial charge in [0.2, 0.25) is 0 Å². The summed E-state index contributed by atoms with van der Waals surface area (Å²) in [6.07, 6.45) is 8.86. The average molecular weight is 327 g/mol. The van der Waals surface area contributed by atoms with E-state index in [-0.39, 0.29) is 0 Å². The number of aliphatic imine (C=N–C) groups is 1. The number of nitrogens with zero attached hydrogens (tertiary/aromatic N) is 2. The van der Waals surface area contributed by atoms with Crippen molar-refractivity contribution in [3.8, 4) is 0 Å². The van der Waals surface area contributed by atoms with E-state index in [1.54, 1.807) is 0 Å². The van der Waals surface area contributed by atoms with E-state index in [1.807, 2.05) is 11.8 Å². The molecule has 0 bridgehead atoms. The van der Waals surface area contributed by atoms with Crippen LogP contribution in [0.15, 0.2) is 4.99 Å². The Hall–Kier alpha value is -0.420. The van der Waals surface area contributed by atoms with Crippen molar-refractivity contribution >= 4 is 17.7 Å². The number of nitrogens with one attached hydrogen (secondary N) is 2.